The van der Waals surface area contributed by atoms with Gasteiger partial charge in [0.2, 0.25) is 0 Å². The van der Waals surface area contributed by atoms with E-state index < -0.39 is 16.1 Å². The van der Waals surface area contributed by atoms with E-state index in [1.807, 2.05) is 0 Å². The monoisotopic (exact) mass is 320 g/mol. The molecule has 116 valence electrons. The molecule has 0 saturated carbocycles. The van der Waals surface area contributed by atoms with Crippen LogP contribution >= 0.6 is 0 Å². The number of methoxy groups -OCH3 is 1. The number of aryl methyl sites for hydroxylation is 1. The summed E-state index contributed by atoms with van der Waals surface area (Å²) in [5.74, 6) is -0.544. The van der Waals surface area contributed by atoms with Crippen molar-refractivity contribution in [1.82, 2.24) is 0 Å². The van der Waals surface area contributed by atoms with Gasteiger partial charge in [-0.15, -0.1) is 0 Å². The summed E-state index contributed by atoms with van der Waals surface area (Å²) in [6, 6.07) is 13.1. The van der Waals surface area contributed by atoms with Gasteiger partial charge in [0.1, 0.15) is 11.5 Å². The zero-order valence-corrected chi connectivity index (χ0v) is 13.1. The third kappa shape index (κ3) is 4.08. The van der Waals surface area contributed by atoms with E-state index in [4.69, 9.17) is 4.18 Å². The van der Waals surface area contributed by atoms with E-state index in [1.165, 1.54) is 13.2 Å². The van der Waals surface area contributed by atoms with E-state index in [-0.39, 0.29) is 5.75 Å². The van der Waals surface area contributed by atoms with Gasteiger partial charge in [-0.3, -0.25) is 0 Å². The predicted octanol–water partition coefficient (Wildman–Crippen LogP) is 2.69. The van der Waals surface area contributed by atoms with Gasteiger partial charge in [0, 0.05) is 0 Å². The van der Waals surface area contributed by atoms with E-state index in [1.54, 1.807) is 49.4 Å². The van der Waals surface area contributed by atoms with Crippen LogP contribution in [0.3, 0.4) is 0 Å². The van der Waals surface area contributed by atoms with Gasteiger partial charge in [0.25, 0.3) is 0 Å². The smallest absolute Gasteiger partial charge is 0.337 e. The summed E-state index contributed by atoms with van der Waals surface area (Å²) in [5.41, 5.74) is 1.48. The first-order chi connectivity index (χ1) is 10.4. The maximum atomic E-state index is 12.1. The molecule has 2 aromatic rings. The van der Waals surface area contributed by atoms with Crippen LogP contribution in [0.2, 0.25) is 0 Å². The summed E-state index contributed by atoms with van der Waals surface area (Å²) >= 11 is 0. The van der Waals surface area contributed by atoms with Crippen LogP contribution < -0.4 is 4.18 Å². The number of benzene rings is 2. The summed E-state index contributed by atoms with van der Waals surface area (Å²) in [6.45, 7) is 1.77. The number of carbonyl (C=O) groups excluding carboxylic acids is 1. The lowest BCUT2D eigenvalue weighted by Crippen LogP contribution is -2.13. The van der Waals surface area contributed by atoms with E-state index in [0.29, 0.717) is 16.9 Å². The first-order valence-corrected chi connectivity index (χ1v) is 8.14. The van der Waals surface area contributed by atoms with Crippen LogP contribution in [-0.4, -0.2) is 21.5 Å². The molecule has 22 heavy (non-hydrogen) atoms. The van der Waals surface area contributed by atoms with Gasteiger partial charge in [0.15, 0.2) is 0 Å². The van der Waals surface area contributed by atoms with Gasteiger partial charge in [-0.2, -0.15) is 8.42 Å². The second kappa shape index (κ2) is 6.62. The molecule has 0 unspecified atom stereocenters. The second-order valence-electron chi connectivity index (χ2n) is 4.74. The fraction of sp³-hybridized carbons (Fsp3) is 0.188. The highest BCUT2D eigenvalue weighted by Gasteiger charge is 2.16. The maximum Gasteiger partial charge on any atom is 0.337 e. The van der Waals surface area contributed by atoms with Gasteiger partial charge in [0.05, 0.1) is 12.7 Å². The normalized spacial score (nSPS) is 11.0. The molecule has 0 aliphatic rings. The van der Waals surface area contributed by atoms with Crippen molar-refractivity contribution in [1.29, 1.82) is 0 Å². The Morgan fingerprint density at radius 3 is 2.50 bits per heavy atom. The van der Waals surface area contributed by atoms with Gasteiger partial charge >= 0.3 is 16.1 Å². The molecule has 2 rings (SSSR count). The minimum absolute atomic E-state index is 0.297. The van der Waals surface area contributed by atoms with Crippen LogP contribution in [0.15, 0.2) is 48.5 Å². The van der Waals surface area contributed by atoms with Crippen LogP contribution in [0.5, 0.6) is 5.75 Å². The molecule has 0 amide bonds. The molecule has 0 saturated heterocycles. The number of hydrogen-bond acceptors (Lipinski definition) is 5. The third-order valence-corrected chi connectivity index (χ3v) is 4.12. The topological polar surface area (TPSA) is 69.7 Å². The highest BCUT2D eigenvalue weighted by Crippen LogP contribution is 2.20. The fourth-order valence-electron chi connectivity index (χ4n) is 1.93. The highest BCUT2D eigenvalue weighted by atomic mass is 32.2. The van der Waals surface area contributed by atoms with Gasteiger partial charge in [-0.1, -0.05) is 30.3 Å². The van der Waals surface area contributed by atoms with Gasteiger partial charge in [-0.25, -0.2) is 4.79 Å². The van der Waals surface area contributed by atoms with Crippen molar-refractivity contribution in [3.05, 3.63) is 65.2 Å². The summed E-state index contributed by atoms with van der Waals surface area (Å²) in [6.07, 6.45) is 0. The molecule has 0 aromatic heterocycles. The lowest BCUT2D eigenvalue weighted by molar-refractivity contribution is 0.0600. The van der Waals surface area contributed by atoms with Crippen molar-refractivity contribution in [2.24, 2.45) is 0 Å². The minimum Gasteiger partial charge on any atom is -0.465 e. The quantitative estimate of drug-likeness (QED) is 0.626. The first-order valence-electron chi connectivity index (χ1n) is 6.56. The molecule has 0 aliphatic carbocycles. The average molecular weight is 320 g/mol. The van der Waals surface area contributed by atoms with Crippen molar-refractivity contribution >= 4 is 16.1 Å². The van der Waals surface area contributed by atoms with Crippen molar-refractivity contribution in [3.63, 3.8) is 0 Å². The number of esters is 1. The summed E-state index contributed by atoms with van der Waals surface area (Å²) < 4.78 is 34.0. The van der Waals surface area contributed by atoms with Gasteiger partial charge in [-0.05, 0) is 36.2 Å². The Morgan fingerprint density at radius 1 is 1.09 bits per heavy atom. The molecular weight excluding hydrogens is 304 g/mol. The van der Waals surface area contributed by atoms with Crippen LogP contribution in [0.4, 0.5) is 0 Å². The molecule has 0 radical (unpaired) electrons. The van der Waals surface area contributed by atoms with E-state index >= 15 is 0 Å². The Morgan fingerprint density at radius 2 is 1.82 bits per heavy atom. The lowest BCUT2D eigenvalue weighted by Gasteiger charge is -2.09. The molecule has 0 N–H and O–H groups in total. The molecule has 6 heteroatoms. The molecule has 0 spiro atoms. The van der Waals surface area contributed by atoms with Crippen LogP contribution in [0.25, 0.3) is 0 Å². The van der Waals surface area contributed by atoms with E-state index in [0.717, 1.165) is 5.56 Å². The highest BCUT2D eigenvalue weighted by molar-refractivity contribution is 7.86. The first kappa shape index (κ1) is 16.0. The largest absolute Gasteiger partial charge is 0.465 e. The molecule has 5 nitrogen and oxygen atoms in total. The number of hydrogen-bond donors (Lipinski definition) is 0. The molecule has 0 heterocycles. The molecule has 0 atom stereocenters. The van der Waals surface area contributed by atoms with Crippen LogP contribution in [0, 0.1) is 6.92 Å². The Labute approximate surface area is 129 Å². The summed E-state index contributed by atoms with van der Waals surface area (Å²) in [7, 11) is -2.54. The Hall–Kier alpha value is -2.34. The Bertz CT molecular complexity index is 781. The molecular formula is C16H16O5S. The fourth-order valence-corrected chi connectivity index (χ4v) is 3.03. The maximum absolute atomic E-state index is 12.1. The SMILES string of the molecule is COC(=O)c1cccc(CS(=O)(=O)Oc2ccccc2C)c1. The predicted molar refractivity (Wildman–Crippen MR) is 82.2 cm³/mol. The number of rotatable bonds is 5. The minimum atomic E-state index is -3.81. The molecule has 2 aromatic carbocycles. The zero-order valence-electron chi connectivity index (χ0n) is 12.3. The Balaban J connectivity index is 2.19. The number of carbonyl (C=O) groups is 1. The molecule has 0 aliphatic heterocycles. The van der Waals surface area contributed by atoms with Crippen molar-refractivity contribution in [2.45, 2.75) is 12.7 Å². The van der Waals surface area contributed by atoms with Crippen molar-refractivity contribution in [2.75, 3.05) is 7.11 Å². The number of para-hydroxylation sites is 1. The van der Waals surface area contributed by atoms with Gasteiger partial charge < -0.3 is 8.92 Å². The summed E-state index contributed by atoms with van der Waals surface area (Å²) in [4.78, 5) is 11.5. The van der Waals surface area contributed by atoms with E-state index in [9.17, 15) is 13.2 Å². The molecule has 0 fully saturated rings. The van der Waals surface area contributed by atoms with Crippen molar-refractivity contribution < 1.29 is 22.1 Å². The standard InChI is InChI=1S/C16H16O5S/c1-12-6-3-4-9-15(12)21-22(18,19)11-13-7-5-8-14(10-13)16(17)20-2/h3-10H,11H2,1-2H3. The van der Waals surface area contributed by atoms with Crippen LogP contribution in [0.1, 0.15) is 21.5 Å². The van der Waals surface area contributed by atoms with Crippen LogP contribution in [-0.2, 0) is 20.6 Å². The Kier molecular flexibility index (Phi) is 4.82. The average Bonchev–Trinajstić information content (AvgIpc) is 2.48. The van der Waals surface area contributed by atoms with Crippen molar-refractivity contribution in [3.8, 4) is 5.75 Å². The number of ether oxygens (including phenoxy) is 1. The third-order valence-electron chi connectivity index (χ3n) is 3.00. The van der Waals surface area contributed by atoms with E-state index in [2.05, 4.69) is 4.74 Å². The molecule has 0 bridgehead atoms. The zero-order chi connectivity index (χ0) is 16.2. The second-order valence-corrected chi connectivity index (χ2v) is 6.31. The summed E-state index contributed by atoms with van der Waals surface area (Å²) in [5, 5.41) is 0. The lowest BCUT2D eigenvalue weighted by atomic mass is 10.1.